The quantitative estimate of drug-likeness (QED) is 0.684. The van der Waals surface area contributed by atoms with E-state index in [1.165, 1.54) is 32.4 Å². The second-order valence-electron chi connectivity index (χ2n) is 6.16. The molecule has 16 heavy (non-hydrogen) atoms. The molecule has 0 aromatic rings. The maximum atomic E-state index is 3.35. The summed E-state index contributed by atoms with van der Waals surface area (Å²) in [5.41, 5.74) is 0.425. The molecule has 1 aliphatic rings. The number of nitrogens with zero attached hydrogens (tertiary/aromatic N) is 1. The van der Waals surface area contributed by atoms with Crippen molar-refractivity contribution in [2.75, 3.05) is 26.7 Å². The van der Waals surface area contributed by atoms with Crippen LogP contribution in [0.1, 0.15) is 47.0 Å². The maximum Gasteiger partial charge on any atom is 0.00502 e. The van der Waals surface area contributed by atoms with Crippen LogP contribution >= 0.6 is 0 Å². The molecule has 0 saturated heterocycles. The van der Waals surface area contributed by atoms with Crippen molar-refractivity contribution in [1.82, 2.24) is 10.2 Å². The molecule has 1 N–H and O–H groups in total. The molecule has 1 unspecified atom stereocenters. The molecule has 0 aliphatic heterocycles. The van der Waals surface area contributed by atoms with Crippen LogP contribution in [0.15, 0.2) is 0 Å². The fourth-order valence-electron chi connectivity index (χ4n) is 2.30. The first kappa shape index (κ1) is 14.0. The van der Waals surface area contributed by atoms with E-state index < -0.39 is 0 Å². The zero-order chi connectivity index (χ0) is 12.2. The van der Waals surface area contributed by atoms with E-state index >= 15 is 0 Å². The highest BCUT2D eigenvalue weighted by Crippen LogP contribution is 2.32. The lowest BCUT2D eigenvalue weighted by Gasteiger charge is -2.37. The first-order chi connectivity index (χ1) is 7.50. The predicted octanol–water partition coefficient (Wildman–Crippen LogP) is 2.74. The van der Waals surface area contributed by atoms with Crippen LogP contribution in [-0.4, -0.2) is 37.6 Å². The highest BCUT2D eigenvalue weighted by molar-refractivity contribution is 4.84. The Kier molecular flexibility index (Phi) is 5.26. The predicted molar refractivity (Wildman–Crippen MR) is 71.8 cm³/mol. The van der Waals surface area contributed by atoms with E-state index in [-0.39, 0.29) is 0 Å². The van der Waals surface area contributed by atoms with Gasteiger partial charge in [0.2, 0.25) is 0 Å². The minimum absolute atomic E-state index is 0.425. The molecule has 1 aliphatic carbocycles. The van der Waals surface area contributed by atoms with E-state index in [0.29, 0.717) is 11.5 Å². The van der Waals surface area contributed by atoms with Gasteiger partial charge in [0.1, 0.15) is 0 Å². The van der Waals surface area contributed by atoms with Crippen molar-refractivity contribution in [2.24, 2.45) is 11.3 Å². The van der Waals surface area contributed by atoms with Crippen molar-refractivity contribution in [3.05, 3.63) is 0 Å². The highest BCUT2D eigenvalue weighted by atomic mass is 15.2. The SMILES string of the molecule is CCC(C)(CNC)CN(CC1CC1)C(C)C. The second-order valence-corrected chi connectivity index (χ2v) is 6.16. The van der Waals surface area contributed by atoms with E-state index in [4.69, 9.17) is 0 Å². The first-order valence-electron chi connectivity index (χ1n) is 6.89. The molecule has 0 amide bonds. The minimum atomic E-state index is 0.425. The summed E-state index contributed by atoms with van der Waals surface area (Å²) in [6, 6.07) is 0.684. The lowest BCUT2D eigenvalue weighted by atomic mass is 9.86. The number of rotatable bonds is 8. The lowest BCUT2D eigenvalue weighted by molar-refractivity contribution is 0.123. The Labute approximate surface area is 102 Å². The van der Waals surface area contributed by atoms with Gasteiger partial charge in [0.25, 0.3) is 0 Å². The van der Waals surface area contributed by atoms with Crippen LogP contribution in [0.3, 0.4) is 0 Å². The van der Waals surface area contributed by atoms with Crippen molar-refractivity contribution in [3.63, 3.8) is 0 Å². The van der Waals surface area contributed by atoms with E-state index in [9.17, 15) is 0 Å². The van der Waals surface area contributed by atoms with Crippen LogP contribution < -0.4 is 5.32 Å². The van der Waals surface area contributed by atoms with Gasteiger partial charge in [-0.3, -0.25) is 0 Å². The van der Waals surface area contributed by atoms with E-state index in [0.717, 1.165) is 12.5 Å². The molecule has 0 bridgehead atoms. The Morgan fingerprint density at radius 1 is 1.38 bits per heavy atom. The second kappa shape index (κ2) is 6.02. The zero-order valence-electron chi connectivity index (χ0n) is 11.8. The average molecular weight is 226 g/mol. The van der Waals surface area contributed by atoms with Gasteiger partial charge in [-0.25, -0.2) is 0 Å². The van der Waals surface area contributed by atoms with Gasteiger partial charge in [0.15, 0.2) is 0 Å². The number of hydrogen-bond acceptors (Lipinski definition) is 2. The molecule has 1 fully saturated rings. The molecule has 96 valence electrons. The van der Waals surface area contributed by atoms with E-state index in [1.807, 2.05) is 0 Å². The van der Waals surface area contributed by atoms with Crippen molar-refractivity contribution in [1.29, 1.82) is 0 Å². The van der Waals surface area contributed by atoms with Gasteiger partial charge in [-0.15, -0.1) is 0 Å². The minimum Gasteiger partial charge on any atom is -0.319 e. The number of hydrogen-bond donors (Lipinski definition) is 1. The van der Waals surface area contributed by atoms with Gasteiger partial charge in [0.05, 0.1) is 0 Å². The van der Waals surface area contributed by atoms with E-state index in [2.05, 4.69) is 45.0 Å². The molecule has 0 radical (unpaired) electrons. The summed E-state index contributed by atoms with van der Waals surface area (Å²) in [5.74, 6) is 0.998. The normalized spacial score (nSPS) is 20.4. The Bertz CT molecular complexity index is 199. The standard InChI is InChI=1S/C14H30N2/c1-6-14(4,10-15-5)11-16(12(2)3)9-13-7-8-13/h12-13,15H,6-11H2,1-5H3. The molecule has 1 rings (SSSR count). The Hall–Kier alpha value is -0.0800. The molecule has 0 spiro atoms. The van der Waals surface area contributed by atoms with Crippen LogP contribution in [0.5, 0.6) is 0 Å². The Morgan fingerprint density at radius 3 is 2.38 bits per heavy atom. The van der Waals surface area contributed by atoms with Crippen LogP contribution in [0.2, 0.25) is 0 Å². The summed E-state index contributed by atoms with van der Waals surface area (Å²) in [4.78, 5) is 2.68. The first-order valence-corrected chi connectivity index (χ1v) is 6.89. The molecule has 0 heterocycles. The summed E-state index contributed by atoms with van der Waals surface area (Å²) in [6.07, 6.45) is 4.16. The Balaban J connectivity index is 2.49. The highest BCUT2D eigenvalue weighted by Gasteiger charge is 2.30. The van der Waals surface area contributed by atoms with Crippen molar-refractivity contribution < 1.29 is 0 Å². The third kappa shape index (κ3) is 4.42. The van der Waals surface area contributed by atoms with Crippen LogP contribution in [-0.2, 0) is 0 Å². The Morgan fingerprint density at radius 2 is 2.00 bits per heavy atom. The van der Waals surface area contributed by atoms with Crippen LogP contribution in [0.4, 0.5) is 0 Å². The van der Waals surface area contributed by atoms with Gasteiger partial charge in [-0.1, -0.05) is 13.8 Å². The fraction of sp³-hybridized carbons (Fsp3) is 1.00. The van der Waals surface area contributed by atoms with Gasteiger partial charge in [0, 0.05) is 25.7 Å². The maximum absolute atomic E-state index is 3.35. The molecule has 0 aromatic carbocycles. The van der Waals surface area contributed by atoms with Crippen LogP contribution in [0.25, 0.3) is 0 Å². The average Bonchev–Trinajstić information content (AvgIpc) is 3.01. The fourth-order valence-corrected chi connectivity index (χ4v) is 2.30. The number of nitrogens with one attached hydrogen (secondary N) is 1. The zero-order valence-corrected chi connectivity index (χ0v) is 11.8. The van der Waals surface area contributed by atoms with Crippen molar-refractivity contribution in [2.45, 2.75) is 53.0 Å². The van der Waals surface area contributed by atoms with Gasteiger partial charge >= 0.3 is 0 Å². The summed E-state index contributed by atoms with van der Waals surface area (Å²) in [6.45, 7) is 13.1. The van der Waals surface area contributed by atoms with Gasteiger partial charge in [-0.2, -0.15) is 0 Å². The summed E-state index contributed by atoms with van der Waals surface area (Å²) >= 11 is 0. The molecular weight excluding hydrogens is 196 g/mol. The molecule has 1 atom stereocenters. The smallest absolute Gasteiger partial charge is 0.00502 e. The largest absolute Gasteiger partial charge is 0.319 e. The van der Waals surface area contributed by atoms with Gasteiger partial charge in [-0.05, 0) is 51.5 Å². The molecule has 0 aromatic heterocycles. The van der Waals surface area contributed by atoms with Crippen molar-refractivity contribution in [3.8, 4) is 0 Å². The topological polar surface area (TPSA) is 15.3 Å². The molecule has 2 nitrogen and oxygen atoms in total. The molecular formula is C14H30N2. The van der Waals surface area contributed by atoms with Gasteiger partial charge < -0.3 is 10.2 Å². The third-order valence-electron chi connectivity index (χ3n) is 3.96. The lowest BCUT2D eigenvalue weighted by Crippen LogP contribution is -2.44. The summed E-state index contributed by atoms with van der Waals surface area (Å²) < 4.78 is 0. The summed E-state index contributed by atoms with van der Waals surface area (Å²) in [7, 11) is 2.06. The third-order valence-corrected chi connectivity index (χ3v) is 3.96. The van der Waals surface area contributed by atoms with Crippen LogP contribution in [0, 0.1) is 11.3 Å². The van der Waals surface area contributed by atoms with E-state index in [1.54, 1.807) is 0 Å². The summed E-state index contributed by atoms with van der Waals surface area (Å²) in [5, 5.41) is 3.35. The monoisotopic (exact) mass is 226 g/mol. The van der Waals surface area contributed by atoms with Crippen molar-refractivity contribution >= 4 is 0 Å². The molecule has 1 saturated carbocycles. The molecule has 2 heteroatoms.